The number of anilines is 1. The molecule has 1 aromatic carbocycles. The number of halogens is 1. The summed E-state index contributed by atoms with van der Waals surface area (Å²) in [6.07, 6.45) is 2.51. The van der Waals surface area contributed by atoms with Crippen molar-refractivity contribution in [2.45, 2.75) is 32.9 Å². The first-order valence-electron chi connectivity index (χ1n) is 11.0. The lowest BCUT2D eigenvalue weighted by Crippen LogP contribution is -2.27. The van der Waals surface area contributed by atoms with Gasteiger partial charge >= 0.3 is 5.97 Å². The van der Waals surface area contributed by atoms with Crippen LogP contribution < -0.4 is 10.9 Å². The summed E-state index contributed by atoms with van der Waals surface area (Å²) in [4.78, 5) is 34.4. The van der Waals surface area contributed by atoms with Crippen molar-refractivity contribution in [3.05, 3.63) is 86.7 Å². The largest absolute Gasteiger partial charge is 0.464 e. The number of rotatable bonds is 4. The van der Waals surface area contributed by atoms with Crippen LogP contribution in [0.5, 0.6) is 0 Å². The lowest BCUT2D eigenvalue weighted by atomic mass is 9.94. The number of ether oxygens (including phenoxy) is 1. The first-order chi connectivity index (χ1) is 16.4. The minimum Gasteiger partial charge on any atom is -0.464 e. The molecule has 0 fully saturated rings. The molecule has 0 bridgehead atoms. The molecule has 5 rings (SSSR count). The molecule has 4 heterocycles. The number of carbonyl (C=O) groups excluding carboxylic acids is 1. The second-order valence-corrected chi connectivity index (χ2v) is 8.82. The summed E-state index contributed by atoms with van der Waals surface area (Å²) in [6.45, 7) is 4.56. The number of pyridine rings is 3. The highest BCUT2D eigenvalue weighted by atomic mass is 35.5. The third-order valence-electron chi connectivity index (χ3n) is 6.22. The van der Waals surface area contributed by atoms with E-state index in [2.05, 4.69) is 27.4 Å². The molecule has 1 N–H and O–H groups in total. The molecule has 3 aromatic heterocycles. The Balaban J connectivity index is 1.66. The third kappa shape index (κ3) is 3.72. The van der Waals surface area contributed by atoms with E-state index in [9.17, 15) is 9.59 Å². The van der Waals surface area contributed by atoms with E-state index in [-0.39, 0.29) is 22.4 Å². The van der Waals surface area contributed by atoms with Gasteiger partial charge in [-0.2, -0.15) is 0 Å². The third-order valence-corrected chi connectivity index (χ3v) is 6.43. The summed E-state index contributed by atoms with van der Waals surface area (Å²) >= 11 is 6.01. The van der Waals surface area contributed by atoms with E-state index in [4.69, 9.17) is 16.3 Å². The van der Waals surface area contributed by atoms with Gasteiger partial charge in [-0.1, -0.05) is 17.7 Å². The summed E-state index contributed by atoms with van der Waals surface area (Å²) in [6, 6.07) is 13.0. The van der Waals surface area contributed by atoms with Gasteiger partial charge in [0.25, 0.3) is 5.56 Å². The van der Waals surface area contributed by atoms with Gasteiger partial charge in [0.1, 0.15) is 5.15 Å². The highest BCUT2D eigenvalue weighted by Gasteiger charge is 2.23. The van der Waals surface area contributed by atoms with Crippen LogP contribution >= 0.6 is 11.6 Å². The van der Waals surface area contributed by atoms with Crippen molar-refractivity contribution in [3.63, 3.8) is 0 Å². The van der Waals surface area contributed by atoms with Gasteiger partial charge in [0.2, 0.25) is 0 Å². The second-order valence-electron chi connectivity index (χ2n) is 8.44. The van der Waals surface area contributed by atoms with Crippen LogP contribution in [-0.2, 0) is 17.7 Å². The molecular formula is C26H23ClN4O3. The molecule has 0 spiro atoms. The number of nitrogens with zero attached hydrogens (tertiary/aromatic N) is 3. The van der Waals surface area contributed by atoms with Crippen LogP contribution in [0.2, 0.25) is 5.15 Å². The Morgan fingerprint density at radius 2 is 2.03 bits per heavy atom. The van der Waals surface area contributed by atoms with Crippen LogP contribution in [0.1, 0.15) is 40.3 Å². The van der Waals surface area contributed by atoms with Gasteiger partial charge in [-0.05, 0) is 66.8 Å². The zero-order valence-corrected chi connectivity index (χ0v) is 19.8. The monoisotopic (exact) mass is 474 g/mol. The Kier molecular flexibility index (Phi) is 5.57. The van der Waals surface area contributed by atoms with E-state index in [0.29, 0.717) is 17.6 Å². The van der Waals surface area contributed by atoms with Crippen molar-refractivity contribution in [2.75, 3.05) is 12.4 Å². The molecule has 34 heavy (non-hydrogen) atoms. The van der Waals surface area contributed by atoms with Crippen molar-refractivity contribution in [3.8, 4) is 11.3 Å². The zero-order valence-electron chi connectivity index (χ0n) is 19.1. The number of hydrogen-bond donors (Lipinski definition) is 1. The maximum absolute atomic E-state index is 13.5. The maximum atomic E-state index is 13.5. The summed E-state index contributed by atoms with van der Waals surface area (Å²) in [5.41, 5.74) is 5.37. The van der Waals surface area contributed by atoms with Crippen molar-refractivity contribution in [1.29, 1.82) is 0 Å². The Labute approximate surface area is 201 Å². The van der Waals surface area contributed by atoms with Crippen molar-refractivity contribution in [1.82, 2.24) is 14.5 Å². The SMILES string of the molecule is COC(=O)c1nc(Cl)ccc1N[C@H](C)c1cc(C)cc2c(=O)n3c(cc12)-c1cccnc1CC3. The Morgan fingerprint density at radius 1 is 1.21 bits per heavy atom. The predicted molar refractivity (Wildman–Crippen MR) is 133 cm³/mol. The fourth-order valence-electron chi connectivity index (χ4n) is 4.64. The van der Waals surface area contributed by atoms with E-state index in [1.165, 1.54) is 7.11 Å². The molecule has 0 saturated heterocycles. The highest BCUT2D eigenvalue weighted by molar-refractivity contribution is 6.29. The van der Waals surface area contributed by atoms with Gasteiger partial charge in [0.05, 0.1) is 24.2 Å². The van der Waals surface area contributed by atoms with E-state index < -0.39 is 5.97 Å². The van der Waals surface area contributed by atoms with Gasteiger partial charge in [-0.3, -0.25) is 9.78 Å². The first kappa shape index (κ1) is 22.1. The topological polar surface area (TPSA) is 86.1 Å². The number of hydrogen-bond acceptors (Lipinski definition) is 6. The Hall–Kier alpha value is -3.71. The van der Waals surface area contributed by atoms with E-state index in [1.807, 2.05) is 36.6 Å². The molecule has 172 valence electrons. The van der Waals surface area contributed by atoms with Crippen molar-refractivity contribution < 1.29 is 9.53 Å². The number of aromatic nitrogens is 3. The Bertz CT molecular complexity index is 1510. The predicted octanol–water partition coefficient (Wildman–Crippen LogP) is 4.94. The molecule has 1 aliphatic rings. The van der Waals surface area contributed by atoms with Crippen LogP contribution in [0.15, 0.2) is 53.5 Å². The second kappa shape index (κ2) is 8.57. The Morgan fingerprint density at radius 3 is 2.82 bits per heavy atom. The van der Waals surface area contributed by atoms with E-state index in [1.54, 1.807) is 18.3 Å². The molecule has 0 aliphatic carbocycles. The molecule has 0 saturated carbocycles. The van der Waals surface area contributed by atoms with Crippen LogP contribution in [0.25, 0.3) is 22.0 Å². The summed E-state index contributed by atoms with van der Waals surface area (Å²) in [7, 11) is 1.30. The average molecular weight is 475 g/mol. The number of fused-ring (bicyclic) bond motifs is 4. The minimum atomic E-state index is -0.581. The number of carbonyl (C=O) groups is 1. The molecule has 8 heteroatoms. The molecule has 0 radical (unpaired) electrons. The summed E-state index contributed by atoms with van der Waals surface area (Å²) in [5, 5.41) is 5.09. The van der Waals surface area contributed by atoms with E-state index >= 15 is 0 Å². The summed E-state index contributed by atoms with van der Waals surface area (Å²) in [5.74, 6) is -0.581. The zero-order chi connectivity index (χ0) is 24.0. The molecule has 1 aliphatic heterocycles. The van der Waals surface area contributed by atoms with Gasteiger partial charge in [-0.25, -0.2) is 9.78 Å². The van der Waals surface area contributed by atoms with Crippen LogP contribution in [-0.4, -0.2) is 27.6 Å². The van der Waals surface area contributed by atoms with Crippen molar-refractivity contribution >= 4 is 34.0 Å². The van der Waals surface area contributed by atoms with Crippen LogP contribution in [0.3, 0.4) is 0 Å². The van der Waals surface area contributed by atoms with Crippen LogP contribution in [0.4, 0.5) is 5.69 Å². The van der Waals surface area contributed by atoms with Gasteiger partial charge in [-0.15, -0.1) is 0 Å². The molecule has 1 atom stereocenters. The highest BCUT2D eigenvalue weighted by Crippen LogP contribution is 2.33. The number of aryl methyl sites for hydroxylation is 2. The number of nitrogens with one attached hydrogen (secondary N) is 1. The molecule has 4 aromatic rings. The van der Waals surface area contributed by atoms with E-state index in [0.717, 1.165) is 39.9 Å². The fourth-order valence-corrected chi connectivity index (χ4v) is 4.79. The standard InChI is InChI=1S/C26H23ClN4O3/c1-14-11-17(15(2)29-21-6-7-23(27)30-24(21)26(33)34-3)18-13-22-16-5-4-9-28-20(16)8-10-31(22)25(32)19(18)12-14/h4-7,9,11-13,15,29H,8,10H2,1-3H3/t15-/m1/s1. The molecule has 0 unspecified atom stereocenters. The van der Waals surface area contributed by atoms with Gasteiger partial charge < -0.3 is 14.6 Å². The fraction of sp³-hybridized carbons (Fsp3) is 0.231. The quantitative estimate of drug-likeness (QED) is 0.333. The van der Waals surface area contributed by atoms with Gasteiger partial charge in [0.15, 0.2) is 5.69 Å². The number of esters is 1. The van der Waals surface area contributed by atoms with Crippen molar-refractivity contribution in [2.24, 2.45) is 0 Å². The smallest absolute Gasteiger partial charge is 0.358 e. The normalized spacial score (nSPS) is 13.2. The molecular weight excluding hydrogens is 452 g/mol. The van der Waals surface area contributed by atoms with Crippen LogP contribution in [0, 0.1) is 6.92 Å². The van der Waals surface area contributed by atoms with Gasteiger partial charge in [0, 0.05) is 36.2 Å². The maximum Gasteiger partial charge on any atom is 0.358 e. The average Bonchev–Trinajstić information content (AvgIpc) is 2.84. The number of benzene rings is 1. The lowest BCUT2D eigenvalue weighted by Gasteiger charge is -2.24. The molecule has 0 amide bonds. The minimum absolute atomic E-state index is 0.0115. The lowest BCUT2D eigenvalue weighted by molar-refractivity contribution is 0.0595. The molecule has 7 nitrogen and oxygen atoms in total. The summed E-state index contributed by atoms with van der Waals surface area (Å²) < 4.78 is 6.71. The number of methoxy groups -OCH3 is 1. The first-order valence-corrected chi connectivity index (χ1v) is 11.4.